The molecule has 0 saturated carbocycles. The maximum absolute atomic E-state index is 13.3. The van der Waals surface area contributed by atoms with E-state index in [-0.39, 0.29) is 5.82 Å². The summed E-state index contributed by atoms with van der Waals surface area (Å²) in [5, 5.41) is 3.47. The van der Waals surface area contributed by atoms with E-state index in [4.69, 9.17) is 4.74 Å². The Hall–Kier alpha value is -1.82. The maximum atomic E-state index is 13.3. The third-order valence-corrected chi connectivity index (χ3v) is 5.34. The predicted octanol–water partition coefficient (Wildman–Crippen LogP) is 2.34. The van der Waals surface area contributed by atoms with Crippen molar-refractivity contribution in [1.82, 2.24) is 10.2 Å². The van der Waals surface area contributed by atoms with Gasteiger partial charge in [-0.15, -0.1) is 0 Å². The summed E-state index contributed by atoms with van der Waals surface area (Å²) in [6, 6.07) is 6.72. The highest BCUT2D eigenvalue weighted by Crippen LogP contribution is 2.38. The fraction of sp³-hybridized carbons (Fsp3) is 0.632. The number of ether oxygens (including phenoxy) is 1. The van der Waals surface area contributed by atoms with Crippen molar-refractivity contribution in [2.45, 2.75) is 19.3 Å². The molecule has 1 atom stereocenters. The molecule has 6 heteroatoms. The van der Waals surface area contributed by atoms with Gasteiger partial charge in [0.05, 0.1) is 6.61 Å². The maximum Gasteiger partial charge on any atom is 0.193 e. The number of nitrogens with zero attached hydrogens (tertiary/aromatic N) is 3. The van der Waals surface area contributed by atoms with Crippen LogP contribution in [0.25, 0.3) is 0 Å². The fourth-order valence-corrected chi connectivity index (χ4v) is 3.78. The second-order valence-electron chi connectivity index (χ2n) is 7.20. The second-order valence-corrected chi connectivity index (χ2v) is 7.20. The average molecular weight is 348 g/mol. The summed E-state index contributed by atoms with van der Waals surface area (Å²) in [4.78, 5) is 8.87. The van der Waals surface area contributed by atoms with Crippen molar-refractivity contribution in [3.63, 3.8) is 0 Å². The molecule has 1 aromatic carbocycles. The van der Waals surface area contributed by atoms with Crippen LogP contribution in [0.5, 0.6) is 0 Å². The average Bonchev–Trinajstić information content (AvgIpc) is 3.25. The predicted molar refractivity (Wildman–Crippen MR) is 99.7 cm³/mol. The van der Waals surface area contributed by atoms with E-state index in [1.54, 1.807) is 12.1 Å². The van der Waals surface area contributed by atoms with Crippen LogP contribution in [0.4, 0.5) is 10.1 Å². The number of hydrogen-bond donors (Lipinski definition) is 1. The van der Waals surface area contributed by atoms with E-state index < -0.39 is 0 Å². The molecule has 0 amide bonds. The monoisotopic (exact) mass is 348 g/mol. The standard InChI is InChI=1S/C19H29FN4O/c1-21-18(24-11-7-19(14-24)8-12-25-15-19)22-9-4-10-23(2)17-6-3-5-16(20)13-17/h3,5-6,13H,4,7-12,14-15H2,1-2H3,(H,21,22). The molecule has 138 valence electrons. The Morgan fingerprint density at radius 3 is 3.04 bits per heavy atom. The van der Waals surface area contributed by atoms with Gasteiger partial charge < -0.3 is 19.9 Å². The number of halogens is 1. The number of aliphatic imine (C=N–C) groups is 1. The molecule has 2 saturated heterocycles. The normalized spacial score (nSPS) is 23.5. The van der Waals surface area contributed by atoms with Gasteiger partial charge in [0.25, 0.3) is 0 Å². The summed E-state index contributed by atoms with van der Waals surface area (Å²) in [5.74, 6) is 0.791. The van der Waals surface area contributed by atoms with Crippen molar-refractivity contribution in [3.8, 4) is 0 Å². The first-order valence-corrected chi connectivity index (χ1v) is 9.12. The molecule has 1 aromatic rings. The van der Waals surface area contributed by atoms with Crippen LogP contribution in [-0.4, -0.2) is 64.3 Å². The summed E-state index contributed by atoms with van der Waals surface area (Å²) in [7, 11) is 3.84. The number of rotatable bonds is 5. The lowest BCUT2D eigenvalue weighted by molar-refractivity contribution is 0.156. The molecule has 2 fully saturated rings. The summed E-state index contributed by atoms with van der Waals surface area (Å²) >= 11 is 0. The minimum atomic E-state index is -0.193. The lowest BCUT2D eigenvalue weighted by Gasteiger charge is -2.25. The van der Waals surface area contributed by atoms with Gasteiger partial charge in [-0.05, 0) is 37.5 Å². The second kappa shape index (κ2) is 8.04. The first kappa shape index (κ1) is 18.0. The summed E-state index contributed by atoms with van der Waals surface area (Å²) in [6.45, 7) is 5.59. The number of benzene rings is 1. The Kier molecular flexibility index (Phi) is 5.78. The summed E-state index contributed by atoms with van der Waals surface area (Å²) in [6.07, 6.45) is 3.32. The molecule has 1 N–H and O–H groups in total. The number of anilines is 1. The summed E-state index contributed by atoms with van der Waals surface area (Å²) < 4.78 is 18.9. The molecular formula is C19H29FN4O. The van der Waals surface area contributed by atoms with E-state index in [0.29, 0.717) is 5.41 Å². The van der Waals surface area contributed by atoms with Crippen LogP contribution in [0, 0.1) is 11.2 Å². The van der Waals surface area contributed by atoms with Gasteiger partial charge in [-0.2, -0.15) is 0 Å². The van der Waals surface area contributed by atoms with Gasteiger partial charge in [-0.3, -0.25) is 4.99 Å². The Morgan fingerprint density at radius 1 is 1.44 bits per heavy atom. The fourth-order valence-electron chi connectivity index (χ4n) is 3.78. The SMILES string of the molecule is CN=C(NCCCN(C)c1cccc(F)c1)N1CCC2(CCOC2)C1. The zero-order valence-corrected chi connectivity index (χ0v) is 15.3. The van der Waals surface area contributed by atoms with Crippen molar-refractivity contribution >= 4 is 11.6 Å². The van der Waals surface area contributed by atoms with Gasteiger partial charge in [0.1, 0.15) is 5.82 Å². The number of likely N-dealkylation sites (tertiary alicyclic amines) is 1. The van der Waals surface area contributed by atoms with Crippen LogP contribution in [0.3, 0.4) is 0 Å². The molecule has 2 aliphatic rings. The molecule has 0 bridgehead atoms. The molecule has 1 spiro atoms. The Bertz CT molecular complexity index is 601. The molecular weight excluding hydrogens is 319 g/mol. The van der Waals surface area contributed by atoms with Crippen LogP contribution in [0.2, 0.25) is 0 Å². The quantitative estimate of drug-likeness (QED) is 0.504. The largest absolute Gasteiger partial charge is 0.381 e. The van der Waals surface area contributed by atoms with Crippen molar-refractivity contribution in [2.75, 3.05) is 58.4 Å². The Balaban J connectivity index is 1.42. The minimum absolute atomic E-state index is 0.193. The Labute approximate surface area is 149 Å². The first-order valence-electron chi connectivity index (χ1n) is 9.12. The molecule has 0 aromatic heterocycles. The van der Waals surface area contributed by atoms with Gasteiger partial charge in [0.15, 0.2) is 5.96 Å². The zero-order chi connectivity index (χ0) is 17.7. The highest BCUT2D eigenvalue weighted by atomic mass is 19.1. The van der Waals surface area contributed by atoms with Crippen LogP contribution >= 0.6 is 0 Å². The Morgan fingerprint density at radius 2 is 2.32 bits per heavy atom. The first-order chi connectivity index (χ1) is 12.1. The van der Waals surface area contributed by atoms with Gasteiger partial charge in [-0.25, -0.2) is 4.39 Å². The van der Waals surface area contributed by atoms with E-state index in [9.17, 15) is 4.39 Å². The minimum Gasteiger partial charge on any atom is -0.381 e. The molecule has 0 aliphatic carbocycles. The smallest absolute Gasteiger partial charge is 0.193 e. The zero-order valence-electron chi connectivity index (χ0n) is 15.3. The van der Waals surface area contributed by atoms with Crippen molar-refractivity contribution < 1.29 is 9.13 Å². The van der Waals surface area contributed by atoms with E-state index in [1.807, 2.05) is 20.2 Å². The highest BCUT2D eigenvalue weighted by Gasteiger charge is 2.42. The molecule has 1 unspecified atom stereocenters. The molecule has 5 nitrogen and oxygen atoms in total. The van der Waals surface area contributed by atoms with Crippen molar-refractivity contribution in [3.05, 3.63) is 30.1 Å². The van der Waals surface area contributed by atoms with E-state index in [1.165, 1.54) is 18.9 Å². The topological polar surface area (TPSA) is 40.1 Å². The van der Waals surface area contributed by atoms with E-state index >= 15 is 0 Å². The number of hydrogen-bond acceptors (Lipinski definition) is 3. The number of guanidine groups is 1. The van der Waals surface area contributed by atoms with Crippen LogP contribution in [0.15, 0.2) is 29.3 Å². The lowest BCUT2D eigenvalue weighted by atomic mass is 9.87. The molecule has 0 radical (unpaired) electrons. The van der Waals surface area contributed by atoms with Crippen molar-refractivity contribution in [1.29, 1.82) is 0 Å². The van der Waals surface area contributed by atoms with Crippen LogP contribution in [0.1, 0.15) is 19.3 Å². The summed E-state index contributed by atoms with van der Waals surface area (Å²) in [5.41, 5.74) is 1.25. The third kappa shape index (κ3) is 4.42. The molecule has 2 heterocycles. The van der Waals surface area contributed by atoms with Crippen LogP contribution in [-0.2, 0) is 4.74 Å². The number of nitrogens with one attached hydrogen (secondary N) is 1. The van der Waals surface area contributed by atoms with E-state index in [0.717, 1.165) is 57.5 Å². The van der Waals surface area contributed by atoms with E-state index in [2.05, 4.69) is 20.1 Å². The van der Waals surface area contributed by atoms with Gasteiger partial charge in [0, 0.05) is 58.0 Å². The molecule has 3 rings (SSSR count). The van der Waals surface area contributed by atoms with Crippen molar-refractivity contribution in [2.24, 2.45) is 10.4 Å². The van der Waals surface area contributed by atoms with Crippen LogP contribution < -0.4 is 10.2 Å². The lowest BCUT2D eigenvalue weighted by Crippen LogP contribution is -2.42. The van der Waals surface area contributed by atoms with Gasteiger partial charge >= 0.3 is 0 Å². The highest BCUT2D eigenvalue weighted by molar-refractivity contribution is 5.80. The van der Waals surface area contributed by atoms with Gasteiger partial charge in [-0.1, -0.05) is 6.07 Å². The molecule has 2 aliphatic heterocycles. The van der Waals surface area contributed by atoms with Gasteiger partial charge in [0.2, 0.25) is 0 Å². The third-order valence-electron chi connectivity index (χ3n) is 5.34. The molecule has 25 heavy (non-hydrogen) atoms.